The van der Waals surface area contributed by atoms with E-state index >= 15 is 0 Å². The molecule has 0 radical (unpaired) electrons. The van der Waals surface area contributed by atoms with Crippen LogP contribution in [0.4, 0.5) is 0 Å². The smallest absolute Gasteiger partial charge is 0.304 e. The number of carboxylic acid groups (broad SMARTS) is 1. The summed E-state index contributed by atoms with van der Waals surface area (Å²) in [6, 6.07) is 1.36. The van der Waals surface area contributed by atoms with Crippen LogP contribution in [0.3, 0.4) is 0 Å². The molecule has 0 aliphatic heterocycles. The van der Waals surface area contributed by atoms with Gasteiger partial charge in [0.1, 0.15) is 0 Å². The van der Waals surface area contributed by atoms with Crippen molar-refractivity contribution in [3.63, 3.8) is 0 Å². The average Bonchev–Trinajstić information content (AvgIpc) is 2.33. The Hall–Kier alpha value is -2.08. The summed E-state index contributed by atoms with van der Waals surface area (Å²) in [5.41, 5.74) is 0.262. The number of carbonyl (C=O) groups is 1. The Bertz CT molecular complexity index is 522. The van der Waals surface area contributed by atoms with Crippen LogP contribution in [0, 0.1) is 0 Å². The lowest BCUT2D eigenvalue weighted by Gasteiger charge is -2.19. The highest BCUT2D eigenvalue weighted by molar-refractivity contribution is 5.66. The molecule has 1 aromatic rings. The molecule has 6 nitrogen and oxygen atoms in total. The van der Waals surface area contributed by atoms with E-state index < -0.39 is 11.4 Å². The first-order chi connectivity index (χ1) is 8.93. The van der Waals surface area contributed by atoms with E-state index in [0.29, 0.717) is 25.3 Å². The molecule has 19 heavy (non-hydrogen) atoms. The minimum atomic E-state index is -0.860. The van der Waals surface area contributed by atoms with Gasteiger partial charge in [-0.25, -0.2) is 0 Å². The Labute approximate surface area is 111 Å². The molecule has 2 N–H and O–H groups in total. The lowest BCUT2D eigenvalue weighted by atomic mass is 10.3. The summed E-state index contributed by atoms with van der Waals surface area (Å²) in [5, 5.41) is 18.0. The molecule has 104 valence electrons. The van der Waals surface area contributed by atoms with E-state index in [-0.39, 0.29) is 12.2 Å². The first-order valence-corrected chi connectivity index (χ1v) is 5.87. The van der Waals surface area contributed by atoms with E-state index in [1.54, 1.807) is 22.6 Å². The predicted octanol–water partition coefficient (Wildman–Crippen LogP) is 0.646. The molecule has 6 heteroatoms. The Balaban J connectivity index is 2.86. The van der Waals surface area contributed by atoms with Gasteiger partial charge >= 0.3 is 5.97 Å². The summed E-state index contributed by atoms with van der Waals surface area (Å²) in [4.78, 5) is 23.7. The van der Waals surface area contributed by atoms with Gasteiger partial charge in [-0.2, -0.15) is 0 Å². The number of rotatable bonds is 7. The highest BCUT2D eigenvalue weighted by Crippen LogP contribution is 2.08. The topological polar surface area (TPSA) is 82.8 Å². The molecule has 0 spiro atoms. The first-order valence-electron chi connectivity index (χ1n) is 5.87. The summed E-state index contributed by atoms with van der Waals surface area (Å²) < 4.78 is 1.71. The lowest BCUT2D eigenvalue weighted by Crippen LogP contribution is -2.24. The van der Waals surface area contributed by atoms with Crippen LogP contribution in [-0.2, 0) is 17.9 Å². The van der Waals surface area contributed by atoms with Gasteiger partial charge in [0.05, 0.1) is 12.6 Å². The van der Waals surface area contributed by atoms with Crippen LogP contribution in [0.2, 0.25) is 0 Å². The molecule has 0 aromatic carbocycles. The molecule has 0 unspecified atom stereocenters. The van der Waals surface area contributed by atoms with E-state index in [0.717, 1.165) is 0 Å². The molecule has 1 aromatic heterocycles. The number of aliphatic carboxylic acids is 1. The summed E-state index contributed by atoms with van der Waals surface area (Å²) in [7, 11) is 1.78. The highest BCUT2D eigenvalue weighted by Gasteiger charge is 2.09. The van der Waals surface area contributed by atoms with E-state index in [2.05, 4.69) is 6.58 Å². The van der Waals surface area contributed by atoms with Crippen LogP contribution in [0.1, 0.15) is 12.1 Å². The minimum Gasteiger partial charge on any atom is -0.503 e. The third-order valence-electron chi connectivity index (χ3n) is 2.66. The van der Waals surface area contributed by atoms with E-state index in [9.17, 15) is 14.7 Å². The number of pyridine rings is 1. The molecular formula is C13H18N2O4. The Morgan fingerprint density at radius 3 is 2.84 bits per heavy atom. The maximum atomic E-state index is 11.4. The molecule has 1 rings (SSSR count). The summed E-state index contributed by atoms with van der Waals surface area (Å²) in [6.07, 6.45) is 3.06. The highest BCUT2D eigenvalue weighted by atomic mass is 16.4. The van der Waals surface area contributed by atoms with E-state index in [1.807, 2.05) is 0 Å². The number of nitrogens with zero attached hydrogens (tertiary/aromatic N) is 2. The van der Waals surface area contributed by atoms with Gasteiger partial charge in [-0.05, 0) is 7.05 Å². The van der Waals surface area contributed by atoms with Crippen LogP contribution >= 0.6 is 0 Å². The van der Waals surface area contributed by atoms with Gasteiger partial charge in [0.25, 0.3) is 0 Å². The van der Waals surface area contributed by atoms with Crippen LogP contribution in [0.15, 0.2) is 29.7 Å². The van der Waals surface area contributed by atoms with Crippen molar-refractivity contribution in [2.75, 3.05) is 13.6 Å². The number of aromatic nitrogens is 1. The molecule has 0 saturated carbocycles. The number of carboxylic acids is 1. The second-order valence-electron chi connectivity index (χ2n) is 4.34. The number of hydrogen-bond acceptors (Lipinski definition) is 4. The second kappa shape index (κ2) is 6.75. The fourth-order valence-electron chi connectivity index (χ4n) is 1.69. The van der Waals surface area contributed by atoms with Gasteiger partial charge in [0.15, 0.2) is 5.75 Å². The normalized spacial score (nSPS) is 10.6. The zero-order valence-corrected chi connectivity index (χ0v) is 10.9. The third-order valence-corrected chi connectivity index (χ3v) is 2.66. The van der Waals surface area contributed by atoms with Crippen molar-refractivity contribution >= 4 is 5.97 Å². The molecular weight excluding hydrogens is 248 g/mol. The maximum absolute atomic E-state index is 11.4. The molecule has 0 fully saturated rings. The minimum absolute atomic E-state index is 0.0419. The fraction of sp³-hybridized carbons (Fsp3) is 0.385. The molecule has 1 heterocycles. The van der Waals surface area contributed by atoms with Crippen molar-refractivity contribution in [1.29, 1.82) is 0 Å². The second-order valence-corrected chi connectivity index (χ2v) is 4.34. The SMILES string of the molecule is C=CCn1cc(O)c(=O)cc1CN(C)CCC(=O)O. The van der Waals surface area contributed by atoms with Crippen molar-refractivity contribution in [2.24, 2.45) is 0 Å². The lowest BCUT2D eigenvalue weighted by molar-refractivity contribution is -0.137. The zero-order valence-electron chi connectivity index (χ0n) is 10.9. The Morgan fingerprint density at radius 2 is 2.26 bits per heavy atom. The Morgan fingerprint density at radius 1 is 1.58 bits per heavy atom. The fourth-order valence-corrected chi connectivity index (χ4v) is 1.69. The van der Waals surface area contributed by atoms with Gasteiger partial charge in [0.2, 0.25) is 5.43 Å². The number of aromatic hydroxyl groups is 1. The molecule has 0 aliphatic rings. The molecule has 0 aliphatic carbocycles. The van der Waals surface area contributed by atoms with Crippen LogP contribution in [-0.4, -0.2) is 39.2 Å². The van der Waals surface area contributed by atoms with Crippen molar-refractivity contribution in [1.82, 2.24) is 9.47 Å². The van der Waals surface area contributed by atoms with Gasteiger partial charge in [-0.1, -0.05) is 6.08 Å². The van der Waals surface area contributed by atoms with Crippen LogP contribution in [0.5, 0.6) is 5.75 Å². The van der Waals surface area contributed by atoms with Crippen molar-refractivity contribution in [2.45, 2.75) is 19.5 Å². The van der Waals surface area contributed by atoms with Gasteiger partial charge in [-0.15, -0.1) is 6.58 Å². The number of allylic oxidation sites excluding steroid dienone is 1. The number of hydrogen-bond donors (Lipinski definition) is 2. The van der Waals surface area contributed by atoms with Crippen molar-refractivity contribution in [3.05, 3.63) is 40.8 Å². The van der Waals surface area contributed by atoms with Gasteiger partial charge < -0.3 is 19.7 Å². The van der Waals surface area contributed by atoms with Crippen LogP contribution in [0.25, 0.3) is 0 Å². The largest absolute Gasteiger partial charge is 0.503 e. The average molecular weight is 266 g/mol. The maximum Gasteiger partial charge on any atom is 0.304 e. The van der Waals surface area contributed by atoms with Crippen molar-refractivity contribution < 1.29 is 15.0 Å². The molecule has 0 amide bonds. The van der Waals surface area contributed by atoms with E-state index in [4.69, 9.17) is 5.11 Å². The van der Waals surface area contributed by atoms with Gasteiger partial charge in [0, 0.05) is 31.4 Å². The summed E-state index contributed by atoms with van der Waals surface area (Å²) >= 11 is 0. The van der Waals surface area contributed by atoms with Crippen molar-refractivity contribution in [3.8, 4) is 5.75 Å². The molecule has 0 bridgehead atoms. The molecule has 0 saturated heterocycles. The summed E-state index contributed by atoms with van der Waals surface area (Å²) in [6.45, 7) is 4.90. The van der Waals surface area contributed by atoms with Gasteiger partial charge in [-0.3, -0.25) is 9.59 Å². The third kappa shape index (κ3) is 4.59. The van der Waals surface area contributed by atoms with Crippen LogP contribution < -0.4 is 5.43 Å². The monoisotopic (exact) mass is 266 g/mol. The standard InChI is InChI=1S/C13H18N2O4/c1-3-5-15-9-12(17)11(16)7-10(15)8-14(2)6-4-13(18)19/h3,7,9,17H,1,4-6,8H2,2H3,(H,18,19). The zero-order chi connectivity index (χ0) is 14.4. The Kier molecular flexibility index (Phi) is 5.32. The summed E-state index contributed by atoms with van der Waals surface area (Å²) in [5.74, 6) is -1.17. The quantitative estimate of drug-likeness (QED) is 0.708. The van der Waals surface area contributed by atoms with E-state index in [1.165, 1.54) is 12.3 Å². The molecule has 0 atom stereocenters. The predicted molar refractivity (Wildman–Crippen MR) is 71.2 cm³/mol. The first kappa shape index (κ1) is 15.0.